The molecule has 2 aromatic heterocycles. The lowest BCUT2D eigenvalue weighted by Gasteiger charge is -2.13. The standard InChI is InChI=1S/C14H14N2O3S/c1-9(10-5-7-15-8-6-10)16-13(17)11-3-4-12(20-11)14(18)19-2/h3-9H,1-2H3,(H,16,17). The van der Waals surface area contributed by atoms with Gasteiger partial charge in [-0.2, -0.15) is 0 Å². The van der Waals surface area contributed by atoms with Crippen LogP contribution in [0, 0.1) is 0 Å². The maximum Gasteiger partial charge on any atom is 0.348 e. The Morgan fingerprint density at radius 3 is 2.50 bits per heavy atom. The first kappa shape index (κ1) is 14.2. The summed E-state index contributed by atoms with van der Waals surface area (Å²) in [5.41, 5.74) is 0.970. The van der Waals surface area contributed by atoms with Crippen LogP contribution in [0.2, 0.25) is 0 Å². The summed E-state index contributed by atoms with van der Waals surface area (Å²) < 4.78 is 4.61. The fourth-order valence-electron chi connectivity index (χ4n) is 1.67. The molecule has 20 heavy (non-hydrogen) atoms. The first-order valence-corrected chi connectivity index (χ1v) is 6.82. The Hall–Kier alpha value is -2.21. The van der Waals surface area contributed by atoms with Crippen molar-refractivity contribution in [1.29, 1.82) is 0 Å². The van der Waals surface area contributed by atoms with Gasteiger partial charge in [-0.3, -0.25) is 9.78 Å². The number of aromatic nitrogens is 1. The number of thiophene rings is 1. The summed E-state index contributed by atoms with van der Waals surface area (Å²) in [6, 6.07) is 6.76. The average molecular weight is 290 g/mol. The molecular formula is C14H14N2O3S. The van der Waals surface area contributed by atoms with E-state index in [4.69, 9.17) is 0 Å². The van der Waals surface area contributed by atoms with Crippen LogP contribution in [-0.2, 0) is 4.74 Å². The molecule has 2 heterocycles. The SMILES string of the molecule is COC(=O)c1ccc(C(=O)NC(C)c2ccncc2)s1. The lowest BCUT2D eigenvalue weighted by atomic mass is 10.1. The Kier molecular flexibility index (Phi) is 4.47. The summed E-state index contributed by atoms with van der Waals surface area (Å²) in [7, 11) is 1.31. The van der Waals surface area contributed by atoms with Gasteiger partial charge in [-0.05, 0) is 36.8 Å². The van der Waals surface area contributed by atoms with Crippen molar-refractivity contribution in [2.45, 2.75) is 13.0 Å². The topological polar surface area (TPSA) is 68.3 Å². The smallest absolute Gasteiger partial charge is 0.348 e. The van der Waals surface area contributed by atoms with Gasteiger partial charge < -0.3 is 10.1 Å². The molecule has 0 saturated heterocycles. The van der Waals surface area contributed by atoms with E-state index in [-0.39, 0.29) is 11.9 Å². The molecule has 0 aliphatic carbocycles. The first-order valence-electron chi connectivity index (χ1n) is 6.00. The normalized spacial score (nSPS) is 11.7. The number of hydrogen-bond acceptors (Lipinski definition) is 5. The minimum Gasteiger partial charge on any atom is -0.465 e. The van der Waals surface area contributed by atoms with E-state index in [1.807, 2.05) is 19.1 Å². The Bertz CT molecular complexity index is 610. The monoisotopic (exact) mass is 290 g/mol. The minimum atomic E-state index is -0.434. The van der Waals surface area contributed by atoms with Crippen molar-refractivity contribution in [3.8, 4) is 0 Å². The van der Waals surface area contributed by atoms with Gasteiger partial charge >= 0.3 is 5.97 Å². The maximum atomic E-state index is 12.1. The van der Waals surface area contributed by atoms with E-state index < -0.39 is 5.97 Å². The van der Waals surface area contributed by atoms with Gasteiger partial charge in [-0.15, -0.1) is 11.3 Å². The van der Waals surface area contributed by atoms with E-state index in [1.54, 1.807) is 24.5 Å². The lowest BCUT2D eigenvalue weighted by molar-refractivity contribution is 0.0606. The van der Waals surface area contributed by atoms with Crippen molar-refractivity contribution in [3.63, 3.8) is 0 Å². The number of nitrogens with zero attached hydrogens (tertiary/aromatic N) is 1. The van der Waals surface area contributed by atoms with Crippen LogP contribution >= 0.6 is 11.3 Å². The molecule has 1 atom stereocenters. The summed E-state index contributed by atoms with van der Waals surface area (Å²) in [6.07, 6.45) is 3.36. The lowest BCUT2D eigenvalue weighted by Crippen LogP contribution is -2.25. The van der Waals surface area contributed by atoms with E-state index >= 15 is 0 Å². The quantitative estimate of drug-likeness (QED) is 0.878. The summed E-state index contributed by atoms with van der Waals surface area (Å²) in [6.45, 7) is 1.89. The number of esters is 1. The van der Waals surface area contributed by atoms with Crippen LogP contribution in [0.15, 0.2) is 36.7 Å². The molecule has 2 aromatic rings. The second-order valence-electron chi connectivity index (χ2n) is 4.13. The fraction of sp³-hybridized carbons (Fsp3) is 0.214. The highest BCUT2D eigenvalue weighted by atomic mass is 32.1. The van der Waals surface area contributed by atoms with Gasteiger partial charge in [0.15, 0.2) is 0 Å². The van der Waals surface area contributed by atoms with Crippen molar-refractivity contribution in [2.75, 3.05) is 7.11 Å². The molecule has 0 bridgehead atoms. The number of nitrogens with one attached hydrogen (secondary N) is 1. The summed E-state index contributed by atoms with van der Waals surface area (Å²) in [5.74, 6) is -0.648. The molecule has 5 nitrogen and oxygen atoms in total. The zero-order valence-corrected chi connectivity index (χ0v) is 11.9. The fourth-order valence-corrected chi connectivity index (χ4v) is 2.50. The Morgan fingerprint density at radius 1 is 1.20 bits per heavy atom. The van der Waals surface area contributed by atoms with Crippen molar-refractivity contribution in [2.24, 2.45) is 0 Å². The van der Waals surface area contributed by atoms with E-state index in [9.17, 15) is 9.59 Å². The second-order valence-corrected chi connectivity index (χ2v) is 5.21. The van der Waals surface area contributed by atoms with Crippen LogP contribution in [0.25, 0.3) is 0 Å². The van der Waals surface area contributed by atoms with Gasteiger partial charge in [-0.1, -0.05) is 0 Å². The molecule has 0 aliphatic heterocycles. The average Bonchev–Trinajstić information content (AvgIpc) is 2.97. The molecule has 0 radical (unpaired) electrons. The molecule has 2 rings (SSSR count). The molecule has 1 amide bonds. The van der Waals surface area contributed by atoms with E-state index in [0.29, 0.717) is 9.75 Å². The molecule has 104 valence electrons. The Balaban J connectivity index is 2.05. The highest BCUT2D eigenvalue weighted by molar-refractivity contribution is 7.15. The third-order valence-corrected chi connectivity index (χ3v) is 3.83. The van der Waals surface area contributed by atoms with Crippen LogP contribution in [0.3, 0.4) is 0 Å². The van der Waals surface area contributed by atoms with Gasteiger partial charge in [0.25, 0.3) is 5.91 Å². The third kappa shape index (κ3) is 3.21. The van der Waals surface area contributed by atoms with Crippen molar-refractivity contribution in [3.05, 3.63) is 52.0 Å². The van der Waals surface area contributed by atoms with Crippen LogP contribution in [0.5, 0.6) is 0 Å². The van der Waals surface area contributed by atoms with Crippen molar-refractivity contribution >= 4 is 23.2 Å². The molecule has 1 N–H and O–H groups in total. The van der Waals surface area contributed by atoms with E-state index in [0.717, 1.165) is 16.9 Å². The van der Waals surface area contributed by atoms with Crippen molar-refractivity contribution < 1.29 is 14.3 Å². The Labute approximate surface area is 120 Å². The Morgan fingerprint density at radius 2 is 1.85 bits per heavy atom. The molecule has 0 fully saturated rings. The highest BCUT2D eigenvalue weighted by Crippen LogP contribution is 2.19. The van der Waals surface area contributed by atoms with Gasteiger partial charge in [0.1, 0.15) is 4.88 Å². The third-order valence-electron chi connectivity index (χ3n) is 2.77. The zero-order chi connectivity index (χ0) is 14.5. The molecule has 0 aliphatic rings. The molecule has 0 aromatic carbocycles. The van der Waals surface area contributed by atoms with Crippen LogP contribution in [-0.4, -0.2) is 24.0 Å². The summed E-state index contributed by atoms with van der Waals surface area (Å²) >= 11 is 1.11. The van der Waals surface area contributed by atoms with Crippen LogP contribution in [0.4, 0.5) is 0 Å². The predicted molar refractivity (Wildman–Crippen MR) is 75.8 cm³/mol. The predicted octanol–water partition coefficient (Wildman–Crippen LogP) is 2.42. The number of pyridine rings is 1. The largest absolute Gasteiger partial charge is 0.465 e. The van der Waals surface area contributed by atoms with Crippen LogP contribution in [0.1, 0.15) is 37.9 Å². The van der Waals surface area contributed by atoms with Gasteiger partial charge in [0, 0.05) is 12.4 Å². The maximum absolute atomic E-state index is 12.1. The minimum absolute atomic E-state index is 0.130. The number of carbonyl (C=O) groups is 2. The highest BCUT2D eigenvalue weighted by Gasteiger charge is 2.16. The first-order chi connectivity index (χ1) is 9.61. The number of rotatable bonds is 4. The van der Waals surface area contributed by atoms with Crippen molar-refractivity contribution in [1.82, 2.24) is 10.3 Å². The van der Waals surface area contributed by atoms with E-state index in [2.05, 4.69) is 15.0 Å². The summed E-state index contributed by atoms with van der Waals surface area (Å²) in [5, 5.41) is 2.87. The number of carbonyl (C=O) groups excluding carboxylic acids is 2. The molecular weight excluding hydrogens is 276 g/mol. The molecule has 0 saturated carbocycles. The zero-order valence-electron chi connectivity index (χ0n) is 11.1. The van der Waals surface area contributed by atoms with E-state index in [1.165, 1.54) is 7.11 Å². The van der Waals surface area contributed by atoms with Crippen LogP contribution < -0.4 is 5.32 Å². The number of amides is 1. The molecule has 0 spiro atoms. The van der Waals surface area contributed by atoms with Gasteiger partial charge in [0.05, 0.1) is 18.0 Å². The molecule has 6 heteroatoms. The number of ether oxygens (including phenoxy) is 1. The molecule has 1 unspecified atom stereocenters. The number of hydrogen-bond donors (Lipinski definition) is 1. The summed E-state index contributed by atoms with van der Waals surface area (Å²) in [4.78, 5) is 28.3. The van der Waals surface area contributed by atoms with Gasteiger partial charge in [0.2, 0.25) is 0 Å². The second kappa shape index (κ2) is 6.29. The van der Waals surface area contributed by atoms with Gasteiger partial charge in [-0.25, -0.2) is 4.79 Å². The number of methoxy groups -OCH3 is 1.